The van der Waals surface area contributed by atoms with Crippen LogP contribution in [0, 0.1) is 5.82 Å². The van der Waals surface area contributed by atoms with E-state index in [0.29, 0.717) is 6.61 Å². The zero-order valence-electron chi connectivity index (χ0n) is 9.60. The Labute approximate surface area is 104 Å². The van der Waals surface area contributed by atoms with Gasteiger partial charge in [-0.3, -0.25) is 0 Å². The van der Waals surface area contributed by atoms with Gasteiger partial charge in [-0.05, 0) is 24.3 Å². The molecule has 1 heterocycles. The van der Waals surface area contributed by atoms with E-state index in [2.05, 4.69) is 0 Å². The van der Waals surface area contributed by atoms with Crippen molar-refractivity contribution in [3.8, 4) is 5.75 Å². The summed E-state index contributed by atoms with van der Waals surface area (Å²) in [6, 6.07) is 14.4. The van der Waals surface area contributed by atoms with Crippen molar-refractivity contribution >= 4 is 11.0 Å². The molecule has 0 N–H and O–H groups in total. The summed E-state index contributed by atoms with van der Waals surface area (Å²) in [6.45, 7) is 0.389. The first-order valence-corrected chi connectivity index (χ1v) is 5.67. The minimum Gasteiger partial charge on any atom is -0.489 e. The number of rotatable bonds is 3. The number of furan rings is 1. The third kappa shape index (κ3) is 1.95. The van der Waals surface area contributed by atoms with Crippen molar-refractivity contribution in [2.24, 2.45) is 0 Å². The molecule has 18 heavy (non-hydrogen) atoms. The normalized spacial score (nSPS) is 10.7. The SMILES string of the molecule is Fc1ccc(COc2ccccc2)c2ccoc12. The third-order valence-electron chi connectivity index (χ3n) is 2.80. The average Bonchev–Trinajstić information content (AvgIpc) is 2.90. The first-order chi connectivity index (χ1) is 8.84. The highest BCUT2D eigenvalue weighted by Crippen LogP contribution is 2.24. The van der Waals surface area contributed by atoms with Crippen LogP contribution in [0.3, 0.4) is 0 Å². The minimum absolute atomic E-state index is 0.282. The van der Waals surface area contributed by atoms with Crippen LogP contribution in [-0.4, -0.2) is 0 Å². The van der Waals surface area contributed by atoms with Crippen LogP contribution in [0.25, 0.3) is 11.0 Å². The maximum atomic E-state index is 13.4. The Kier molecular flexibility index (Phi) is 2.73. The molecule has 3 heteroatoms. The van der Waals surface area contributed by atoms with Gasteiger partial charge in [0, 0.05) is 10.9 Å². The quantitative estimate of drug-likeness (QED) is 0.688. The lowest BCUT2D eigenvalue weighted by molar-refractivity contribution is 0.307. The molecular weight excluding hydrogens is 231 g/mol. The standard InChI is InChI=1S/C15H11FO2/c16-14-7-6-11(13-8-9-17-15(13)14)10-18-12-4-2-1-3-5-12/h1-9H,10H2. The molecule has 3 aromatic rings. The van der Waals surface area contributed by atoms with Crippen LogP contribution >= 0.6 is 0 Å². The topological polar surface area (TPSA) is 22.4 Å². The zero-order valence-corrected chi connectivity index (χ0v) is 9.60. The molecular formula is C15H11FO2. The molecule has 0 saturated carbocycles. The van der Waals surface area contributed by atoms with Crippen molar-refractivity contribution in [1.82, 2.24) is 0 Å². The molecule has 0 amide bonds. The fourth-order valence-corrected chi connectivity index (χ4v) is 1.89. The highest BCUT2D eigenvalue weighted by molar-refractivity contribution is 5.81. The second-order valence-corrected chi connectivity index (χ2v) is 3.97. The lowest BCUT2D eigenvalue weighted by atomic mass is 10.1. The zero-order chi connectivity index (χ0) is 12.4. The molecule has 90 valence electrons. The number of ether oxygens (including phenoxy) is 1. The molecule has 0 radical (unpaired) electrons. The van der Waals surface area contributed by atoms with E-state index in [9.17, 15) is 4.39 Å². The van der Waals surface area contributed by atoms with Crippen molar-refractivity contribution in [1.29, 1.82) is 0 Å². The maximum absolute atomic E-state index is 13.4. The summed E-state index contributed by atoms with van der Waals surface area (Å²) in [5.74, 6) is 0.442. The van der Waals surface area contributed by atoms with Crippen LogP contribution in [0.5, 0.6) is 5.75 Å². The molecule has 0 aliphatic rings. The lowest BCUT2D eigenvalue weighted by Gasteiger charge is -2.07. The van der Waals surface area contributed by atoms with Crippen LogP contribution in [0.4, 0.5) is 4.39 Å². The predicted octanol–water partition coefficient (Wildman–Crippen LogP) is 4.15. The largest absolute Gasteiger partial charge is 0.489 e. The van der Waals surface area contributed by atoms with E-state index in [1.807, 2.05) is 30.3 Å². The summed E-state index contributed by atoms with van der Waals surface area (Å²) in [6.07, 6.45) is 1.49. The van der Waals surface area contributed by atoms with Gasteiger partial charge in [-0.1, -0.05) is 24.3 Å². The number of para-hydroxylation sites is 1. The fourth-order valence-electron chi connectivity index (χ4n) is 1.89. The summed E-state index contributed by atoms with van der Waals surface area (Å²) in [5, 5.41) is 0.755. The van der Waals surface area contributed by atoms with Gasteiger partial charge >= 0.3 is 0 Å². The number of fused-ring (bicyclic) bond motifs is 1. The summed E-state index contributed by atoms with van der Waals surface area (Å²) >= 11 is 0. The minimum atomic E-state index is -0.349. The van der Waals surface area contributed by atoms with Gasteiger partial charge in [0.25, 0.3) is 0 Å². The second kappa shape index (κ2) is 4.53. The molecule has 0 saturated heterocycles. The molecule has 0 spiro atoms. The maximum Gasteiger partial charge on any atom is 0.169 e. The highest BCUT2D eigenvalue weighted by atomic mass is 19.1. The molecule has 0 unspecified atom stereocenters. The Bertz CT molecular complexity index is 659. The first-order valence-electron chi connectivity index (χ1n) is 5.67. The van der Waals surface area contributed by atoms with Crippen molar-refractivity contribution in [3.63, 3.8) is 0 Å². The Morgan fingerprint density at radius 1 is 1.00 bits per heavy atom. The smallest absolute Gasteiger partial charge is 0.169 e. The van der Waals surface area contributed by atoms with Gasteiger partial charge in [0.15, 0.2) is 11.4 Å². The van der Waals surface area contributed by atoms with Crippen molar-refractivity contribution < 1.29 is 13.5 Å². The van der Waals surface area contributed by atoms with Crippen LogP contribution in [-0.2, 0) is 6.61 Å². The molecule has 0 atom stereocenters. The van der Waals surface area contributed by atoms with E-state index in [4.69, 9.17) is 9.15 Å². The van der Waals surface area contributed by atoms with E-state index in [0.717, 1.165) is 16.7 Å². The predicted molar refractivity (Wildman–Crippen MR) is 66.9 cm³/mol. The van der Waals surface area contributed by atoms with Crippen LogP contribution in [0.15, 0.2) is 59.2 Å². The van der Waals surface area contributed by atoms with E-state index < -0.39 is 0 Å². The van der Waals surface area contributed by atoms with Crippen LogP contribution in [0.2, 0.25) is 0 Å². The monoisotopic (exact) mass is 242 g/mol. The van der Waals surface area contributed by atoms with E-state index in [-0.39, 0.29) is 11.4 Å². The van der Waals surface area contributed by atoms with Crippen LogP contribution < -0.4 is 4.74 Å². The summed E-state index contributed by atoms with van der Waals surface area (Å²) in [5.41, 5.74) is 1.19. The summed E-state index contributed by atoms with van der Waals surface area (Å²) in [4.78, 5) is 0. The average molecular weight is 242 g/mol. The van der Waals surface area contributed by atoms with Crippen molar-refractivity contribution in [2.45, 2.75) is 6.61 Å². The molecule has 1 aromatic heterocycles. The molecule has 0 bridgehead atoms. The van der Waals surface area contributed by atoms with Gasteiger partial charge in [0.1, 0.15) is 12.4 Å². The van der Waals surface area contributed by atoms with Gasteiger partial charge in [-0.15, -0.1) is 0 Å². The molecule has 3 rings (SSSR count). The Balaban J connectivity index is 1.87. The number of halogens is 1. The Morgan fingerprint density at radius 3 is 2.67 bits per heavy atom. The summed E-state index contributed by atoms with van der Waals surface area (Å²) < 4.78 is 24.2. The number of hydrogen-bond acceptors (Lipinski definition) is 2. The fraction of sp³-hybridized carbons (Fsp3) is 0.0667. The molecule has 0 fully saturated rings. The van der Waals surface area contributed by atoms with Gasteiger partial charge < -0.3 is 9.15 Å². The molecule has 2 aromatic carbocycles. The lowest BCUT2D eigenvalue weighted by Crippen LogP contribution is -1.96. The number of benzene rings is 2. The van der Waals surface area contributed by atoms with E-state index >= 15 is 0 Å². The van der Waals surface area contributed by atoms with Gasteiger partial charge in [0.2, 0.25) is 0 Å². The van der Waals surface area contributed by atoms with E-state index in [1.54, 1.807) is 12.1 Å². The molecule has 0 aliphatic carbocycles. The number of hydrogen-bond donors (Lipinski definition) is 0. The summed E-state index contributed by atoms with van der Waals surface area (Å²) in [7, 11) is 0. The first kappa shape index (κ1) is 10.8. The molecule has 0 aliphatic heterocycles. The van der Waals surface area contributed by atoms with Crippen molar-refractivity contribution in [2.75, 3.05) is 0 Å². The van der Waals surface area contributed by atoms with Gasteiger partial charge in [0.05, 0.1) is 6.26 Å². The van der Waals surface area contributed by atoms with Crippen molar-refractivity contribution in [3.05, 3.63) is 66.2 Å². The van der Waals surface area contributed by atoms with Gasteiger partial charge in [-0.25, -0.2) is 4.39 Å². The second-order valence-electron chi connectivity index (χ2n) is 3.97. The highest BCUT2D eigenvalue weighted by Gasteiger charge is 2.09. The third-order valence-corrected chi connectivity index (χ3v) is 2.80. The Hall–Kier alpha value is -2.29. The van der Waals surface area contributed by atoms with Crippen LogP contribution in [0.1, 0.15) is 5.56 Å². The Morgan fingerprint density at radius 2 is 1.83 bits per heavy atom. The van der Waals surface area contributed by atoms with E-state index in [1.165, 1.54) is 12.3 Å². The molecule has 2 nitrogen and oxygen atoms in total. The van der Waals surface area contributed by atoms with Gasteiger partial charge in [-0.2, -0.15) is 0 Å².